The summed E-state index contributed by atoms with van der Waals surface area (Å²) in [4.78, 5) is 0. The summed E-state index contributed by atoms with van der Waals surface area (Å²) in [7, 11) is 0. The first-order valence-electron chi connectivity index (χ1n) is 1.13. The molecule has 0 atom stereocenters. The van der Waals surface area contributed by atoms with E-state index in [0.717, 1.165) is 0 Å². The Morgan fingerprint density at radius 3 is 1.80 bits per heavy atom. The molecule has 0 aliphatic heterocycles. The van der Waals surface area contributed by atoms with Crippen LogP contribution in [0.25, 0.3) is 0 Å². The summed E-state index contributed by atoms with van der Waals surface area (Å²) in [5.41, 5.74) is 0. The van der Waals surface area contributed by atoms with Gasteiger partial charge in [-0.3, -0.25) is 0 Å². The van der Waals surface area contributed by atoms with Crippen LogP contribution in [0.3, 0.4) is 0 Å². The summed E-state index contributed by atoms with van der Waals surface area (Å²) < 4.78 is 0. The Hall–Kier alpha value is 1.31. The maximum atomic E-state index is 7.80. The van der Waals surface area contributed by atoms with Crippen LogP contribution in [0.1, 0.15) is 0 Å². The van der Waals surface area contributed by atoms with Gasteiger partial charge in [-0.2, -0.15) is 12.6 Å². The summed E-state index contributed by atoms with van der Waals surface area (Å²) in [5.74, 6) is 0.569. The zero-order valence-electron chi connectivity index (χ0n) is 3.31. The molecule has 0 amide bonds. The molecule has 0 aliphatic carbocycles. The molecule has 1 N–H and O–H groups in total. The van der Waals surface area contributed by atoms with Gasteiger partial charge < -0.3 is 5.11 Å². The SMILES string of the molecule is OCCS.[Na]. The van der Waals surface area contributed by atoms with Gasteiger partial charge in [0.05, 0.1) is 6.61 Å². The molecular formula is C2H6NaOS. The van der Waals surface area contributed by atoms with E-state index >= 15 is 0 Å². The molecule has 0 unspecified atom stereocenters. The van der Waals surface area contributed by atoms with Gasteiger partial charge >= 0.3 is 0 Å². The van der Waals surface area contributed by atoms with Crippen molar-refractivity contribution in [3.8, 4) is 0 Å². The van der Waals surface area contributed by atoms with Gasteiger partial charge in [0, 0.05) is 35.3 Å². The van der Waals surface area contributed by atoms with Crippen molar-refractivity contribution in [2.45, 2.75) is 0 Å². The molecule has 0 fully saturated rings. The number of rotatable bonds is 1. The molecule has 0 rings (SSSR count). The minimum atomic E-state index is 0. The second-order valence-electron chi connectivity index (χ2n) is 0.447. The molecule has 5 heavy (non-hydrogen) atoms. The van der Waals surface area contributed by atoms with Crippen molar-refractivity contribution in [2.24, 2.45) is 0 Å². The Balaban J connectivity index is 0. The van der Waals surface area contributed by atoms with E-state index in [2.05, 4.69) is 12.6 Å². The minimum absolute atomic E-state index is 0. The number of aliphatic hydroxyl groups is 1. The van der Waals surface area contributed by atoms with Gasteiger partial charge in [0.25, 0.3) is 0 Å². The fourth-order valence-corrected chi connectivity index (χ4v) is 0. The summed E-state index contributed by atoms with van der Waals surface area (Å²) in [5, 5.41) is 7.80. The van der Waals surface area contributed by atoms with E-state index in [0.29, 0.717) is 5.75 Å². The minimum Gasteiger partial charge on any atom is -0.396 e. The molecule has 0 bridgehead atoms. The van der Waals surface area contributed by atoms with Gasteiger partial charge in [0.1, 0.15) is 0 Å². The zero-order valence-corrected chi connectivity index (χ0v) is 6.20. The van der Waals surface area contributed by atoms with E-state index in [9.17, 15) is 0 Å². The monoisotopic (exact) mass is 101 g/mol. The Kier molecular flexibility index (Phi) is 17.2. The molecule has 0 saturated heterocycles. The molecule has 27 valence electrons. The van der Waals surface area contributed by atoms with Crippen molar-refractivity contribution in [1.82, 2.24) is 0 Å². The molecule has 0 heterocycles. The average Bonchev–Trinajstić information content (AvgIpc) is 1.37. The second kappa shape index (κ2) is 9.00. The van der Waals surface area contributed by atoms with Crippen molar-refractivity contribution >= 4 is 42.2 Å². The quantitative estimate of drug-likeness (QED) is 0.338. The second-order valence-corrected chi connectivity index (χ2v) is 0.894. The molecule has 0 aromatic carbocycles. The van der Waals surface area contributed by atoms with Gasteiger partial charge in [0.2, 0.25) is 0 Å². The number of hydrogen-bond donors (Lipinski definition) is 2. The van der Waals surface area contributed by atoms with E-state index in [-0.39, 0.29) is 36.2 Å². The normalized spacial score (nSPS) is 6.00. The Morgan fingerprint density at radius 1 is 1.60 bits per heavy atom. The first-order valence-corrected chi connectivity index (χ1v) is 1.76. The van der Waals surface area contributed by atoms with Crippen molar-refractivity contribution < 1.29 is 5.11 Å². The third-order valence-corrected chi connectivity index (χ3v) is 0.300. The Bertz CT molecular complexity index is 11.6. The molecule has 1 radical (unpaired) electrons. The molecule has 1 nitrogen and oxygen atoms in total. The molecule has 0 aromatic rings. The predicted molar refractivity (Wildman–Crippen MR) is 26.7 cm³/mol. The van der Waals surface area contributed by atoms with Crippen LogP contribution in [0.5, 0.6) is 0 Å². The van der Waals surface area contributed by atoms with Gasteiger partial charge in [-0.1, -0.05) is 0 Å². The maximum absolute atomic E-state index is 7.80. The summed E-state index contributed by atoms with van der Waals surface area (Å²) in [6.07, 6.45) is 0. The summed E-state index contributed by atoms with van der Waals surface area (Å²) in [6.45, 7) is 0.184. The topological polar surface area (TPSA) is 20.2 Å². The van der Waals surface area contributed by atoms with Crippen LogP contribution in [0.4, 0.5) is 0 Å². The van der Waals surface area contributed by atoms with E-state index < -0.39 is 0 Å². The van der Waals surface area contributed by atoms with Crippen LogP contribution in [0, 0.1) is 0 Å². The van der Waals surface area contributed by atoms with E-state index in [1.807, 2.05) is 0 Å². The van der Waals surface area contributed by atoms with Crippen molar-refractivity contribution in [3.05, 3.63) is 0 Å². The molecular weight excluding hydrogens is 95.1 g/mol. The van der Waals surface area contributed by atoms with Crippen LogP contribution in [-0.4, -0.2) is 47.0 Å². The van der Waals surface area contributed by atoms with E-state index in [1.54, 1.807) is 0 Å². The van der Waals surface area contributed by atoms with Crippen LogP contribution in [0.15, 0.2) is 0 Å². The maximum Gasteiger partial charge on any atom is 0.0519 e. The van der Waals surface area contributed by atoms with Crippen molar-refractivity contribution in [3.63, 3.8) is 0 Å². The smallest absolute Gasteiger partial charge is 0.0519 e. The van der Waals surface area contributed by atoms with Gasteiger partial charge in [-0.15, -0.1) is 0 Å². The third kappa shape index (κ3) is 10.9. The van der Waals surface area contributed by atoms with Crippen LogP contribution in [0.2, 0.25) is 0 Å². The standard InChI is InChI=1S/C2H6OS.Na/c3-1-2-4;/h3-4H,1-2H2;. The van der Waals surface area contributed by atoms with Crippen molar-refractivity contribution in [2.75, 3.05) is 12.4 Å². The van der Waals surface area contributed by atoms with Gasteiger partial charge in [-0.25, -0.2) is 0 Å². The largest absolute Gasteiger partial charge is 0.396 e. The number of thiol groups is 1. The first kappa shape index (κ1) is 9.58. The molecule has 0 saturated carbocycles. The molecule has 0 spiro atoms. The van der Waals surface area contributed by atoms with Crippen molar-refractivity contribution in [1.29, 1.82) is 0 Å². The van der Waals surface area contributed by atoms with Crippen LogP contribution in [-0.2, 0) is 0 Å². The van der Waals surface area contributed by atoms with Crippen LogP contribution >= 0.6 is 12.6 Å². The van der Waals surface area contributed by atoms with Crippen LogP contribution < -0.4 is 0 Å². The molecule has 0 aromatic heterocycles. The fraction of sp³-hybridized carbons (Fsp3) is 1.00. The van der Waals surface area contributed by atoms with E-state index in [1.165, 1.54) is 0 Å². The molecule has 3 heteroatoms. The fourth-order valence-electron chi connectivity index (χ4n) is 0. The van der Waals surface area contributed by atoms with E-state index in [4.69, 9.17) is 5.11 Å². The zero-order chi connectivity index (χ0) is 3.41. The summed E-state index contributed by atoms with van der Waals surface area (Å²) in [6, 6.07) is 0. The molecule has 0 aliphatic rings. The predicted octanol–water partition coefficient (Wildman–Crippen LogP) is -0.472. The summed E-state index contributed by atoms with van der Waals surface area (Å²) >= 11 is 3.67. The van der Waals surface area contributed by atoms with Gasteiger partial charge in [0.15, 0.2) is 0 Å². The Labute approximate surface area is 59.5 Å². The number of aliphatic hydroxyl groups excluding tert-OH is 1. The number of hydrogen-bond acceptors (Lipinski definition) is 2. The Morgan fingerprint density at radius 2 is 1.80 bits per heavy atom. The average molecular weight is 101 g/mol. The first-order chi connectivity index (χ1) is 1.91. The van der Waals surface area contributed by atoms with Gasteiger partial charge in [-0.05, 0) is 0 Å². The third-order valence-electron chi connectivity index (χ3n) is 0.1000.